The summed E-state index contributed by atoms with van der Waals surface area (Å²) in [6.07, 6.45) is 0.546. The number of methoxy groups -OCH3 is 1. The van der Waals surface area contributed by atoms with Crippen molar-refractivity contribution in [2.24, 2.45) is 0 Å². The van der Waals surface area contributed by atoms with Crippen LogP contribution in [-0.2, 0) is 16.0 Å². The van der Waals surface area contributed by atoms with E-state index in [0.717, 1.165) is 17.0 Å². The molecule has 1 aliphatic rings. The lowest BCUT2D eigenvalue weighted by molar-refractivity contribution is -0.146. The molecule has 6 nitrogen and oxygen atoms in total. The highest BCUT2D eigenvalue weighted by Gasteiger charge is 2.25. The summed E-state index contributed by atoms with van der Waals surface area (Å²) in [4.78, 5) is 28.2. The number of carbonyl (C=O) groups is 2. The number of amides is 2. The number of hydrogen-bond donors (Lipinski definition) is 1. The normalized spacial score (nSPS) is 13.9. The Bertz CT molecular complexity index is 801. The minimum atomic E-state index is -0.597. The summed E-state index contributed by atoms with van der Waals surface area (Å²) in [7, 11) is 1.63. The lowest BCUT2D eigenvalue weighted by Gasteiger charge is -2.35. The van der Waals surface area contributed by atoms with Gasteiger partial charge in [-0.05, 0) is 48.4 Å². The van der Waals surface area contributed by atoms with Crippen molar-refractivity contribution in [2.45, 2.75) is 6.42 Å². The van der Waals surface area contributed by atoms with E-state index in [1.54, 1.807) is 24.1 Å². The Hall–Kier alpha value is -3.09. The summed E-state index contributed by atoms with van der Waals surface area (Å²) in [5.74, 6) is -0.597. The summed E-state index contributed by atoms with van der Waals surface area (Å²) in [5.41, 5.74) is 1.97. The van der Waals surface area contributed by atoms with Crippen LogP contribution >= 0.6 is 0 Å². The van der Waals surface area contributed by atoms with Crippen molar-refractivity contribution in [2.75, 3.05) is 44.7 Å². The average molecular weight is 385 g/mol. The summed E-state index contributed by atoms with van der Waals surface area (Å²) in [5, 5.41) is 2.65. The first-order chi connectivity index (χ1) is 13.6. The largest absolute Gasteiger partial charge is 0.497 e. The molecule has 148 valence electrons. The zero-order valence-electron chi connectivity index (χ0n) is 15.9. The van der Waals surface area contributed by atoms with E-state index >= 15 is 0 Å². The van der Waals surface area contributed by atoms with Gasteiger partial charge in [-0.2, -0.15) is 0 Å². The zero-order valence-corrected chi connectivity index (χ0v) is 15.9. The fraction of sp³-hybridized carbons (Fsp3) is 0.333. The van der Waals surface area contributed by atoms with Crippen LogP contribution in [0, 0.1) is 5.82 Å². The van der Waals surface area contributed by atoms with Crippen LogP contribution in [0.2, 0.25) is 0 Å². The summed E-state index contributed by atoms with van der Waals surface area (Å²) in [6.45, 7) is 2.66. The predicted octanol–water partition coefficient (Wildman–Crippen LogP) is 1.84. The molecule has 0 radical (unpaired) electrons. The monoisotopic (exact) mass is 385 g/mol. The number of piperazine rings is 1. The number of hydrogen-bond acceptors (Lipinski definition) is 4. The molecule has 0 unspecified atom stereocenters. The van der Waals surface area contributed by atoms with E-state index in [9.17, 15) is 14.0 Å². The van der Waals surface area contributed by atoms with Gasteiger partial charge in [-0.1, -0.05) is 12.1 Å². The second kappa shape index (κ2) is 9.21. The summed E-state index contributed by atoms with van der Waals surface area (Å²) >= 11 is 0. The number of nitrogens with one attached hydrogen (secondary N) is 1. The van der Waals surface area contributed by atoms with Gasteiger partial charge in [-0.25, -0.2) is 4.39 Å². The van der Waals surface area contributed by atoms with Crippen LogP contribution in [0.3, 0.4) is 0 Å². The summed E-state index contributed by atoms with van der Waals surface area (Å²) in [6, 6.07) is 13.9. The number of ether oxygens (including phenoxy) is 1. The second-order valence-electron chi connectivity index (χ2n) is 6.61. The van der Waals surface area contributed by atoms with Gasteiger partial charge in [0.15, 0.2) is 0 Å². The highest BCUT2D eigenvalue weighted by molar-refractivity contribution is 6.35. The minimum absolute atomic E-state index is 0.295. The van der Waals surface area contributed by atoms with E-state index in [0.29, 0.717) is 39.1 Å². The predicted molar refractivity (Wildman–Crippen MR) is 105 cm³/mol. The molecule has 0 bridgehead atoms. The van der Waals surface area contributed by atoms with E-state index in [4.69, 9.17) is 4.74 Å². The van der Waals surface area contributed by atoms with Crippen LogP contribution in [0.15, 0.2) is 48.5 Å². The van der Waals surface area contributed by atoms with Crippen molar-refractivity contribution >= 4 is 17.5 Å². The van der Waals surface area contributed by atoms with Crippen molar-refractivity contribution in [1.29, 1.82) is 0 Å². The average Bonchev–Trinajstić information content (AvgIpc) is 2.74. The van der Waals surface area contributed by atoms with Crippen molar-refractivity contribution in [3.63, 3.8) is 0 Å². The SMILES string of the molecule is COc1ccc(N2CCN(C(=O)C(=O)NCCc3ccc(F)cc3)CC2)cc1. The lowest BCUT2D eigenvalue weighted by Crippen LogP contribution is -2.52. The molecule has 0 saturated carbocycles. The Labute approximate surface area is 163 Å². The minimum Gasteiger partial charge on any atom is -0.497 e. The Morgan fingerprint density at radius 1 is 1.00 bits per heavy atom. The van der Waals surface area contributed by atoms with Gasteiger partial charge >= 0.3 is 11.8 Å². The van der Waals surface area contributed by atoms with Crippen LogP contribution < -0.4 is 15.0 Å². The molecular weight excluding hydrogens is 361 g/mol. The smallest absolute Gasteiger partial charge is 0.312 e. The van der Waals surface area contributed by atoms with Crippen LogP contribution in [0.1, 0.15) is 5.56 Å². The van der Waals surface area contributed by atoms with Crippen LogP contribution in [-0.4, -0.2) is 56.5 Å². The molecule has 28 heavy (non-hydrogen) atoms. The molecule has 1 N–H and O–H groups in total. The molecule has 0 aromatic heterocycles. The maximum atomic E-state index is 12.9. The molecule has 1 heterocycles. The summed E-state index contributed by atoms with van der Waals surface area (Å²) < 4.78 is 18.1. The number of anilines is 1. The number of carbonyl (C=O) groups excluding carboxylic acids is 2. The van der Waals surface area contributed by atoms with Gasteiger partial charge in [0.1, 0.15) is 11.6 Å². The third-order valence-electron chi connectivity index (χ3n) is 4.81. The maximum absolute atomic E-state index is 12.9. The molecule has 2 aromatic rings. The van der Waals surface area contributed by atoms with E-state index in [-0.39, 0.29) is 5.82 Å². The highest BCUT2D eigenvalue weighted by atomic mass is 19.1. The van der Waals surface area contributed by atoms with E-state index in [2.05, 4.69) is 10.2 Å². The molecule has 0 atom stereocenters. The third-order valence-corrected chi connectivity index (χ3v) is 4.81. The zero-order chi connectivity index (χ0) is 19.9. The second-order valence-corrected chi connectivity index (χ2v) is 6.61. The number of halogens is 1. The molecule has 0 aliphatic carbocycles. The van der Waals surface area contributed by atoms with Gasteiger partial charge in [0.05, 0.1) is 7.11 Å². The first-order valence-electron chi connectivity index (χ1n) is 9.27. The van der Waals surface area contributed by atoms with Gasteiger partial charge in [-0.3, -0.25) is 9.59 Å². The van der Waals surface area contributed by atoms with Crippen molar-refractivity contribution in [3.05, 3.63) is 59.9 Å². The van der Waals surface area contributed by atoms with Crippen LogP contribution in [0.25, 0.3) is 0 Å². The van der Waals surface area contributed by atoms with Gasteiger partial charge < -0.3 is 19.9 Å². The van der Waals surface area contributed by atoms with E-state index in [1.165, 1.54) is 12.1 Å². The standard InChI is InChI=1S/C21H24FN3O3/c1-28-19-8-6-18(7-9-19)24-12-14-25(15-13-24)21(27)20(26)23-11-10-16-2-4-17(22)5-3-16/h2-9H,10-15H2,1H3,(H,23,26). The highest BCUT2D eigenvalue weighted by Crippen LogP contribution is 2.20. The topological polar surface area (TPSA) is 61.9 Å². The number of nitrogens with zero attached hydrogens (tertiary/aromatic N) is 2. The molecule has 3 rings (SSSR count). The molecule has 2 aromatic carbocycles. The van der Waals surface area contributed by atoms with E-state index in [1.807, 2.05) is 24.3 Å². The maximum Gasteiger partial charge on any atom is 0.312 e. The molecule has 7 heteroatoms. The molecule has 2 amide bonds. The van der Waals surface area contributed by atoms with Gasteiger partial charge in [0.25, 0.3) is 0 Å². The Balaban J connectivity index is 1.43. The molecule has 1 fully saturated rings. The molecule has 1 saturated heterocycles. The molecule has 1 aliphatic heterocycles. The van der Waals surface area contributed by atoms with Gasteiger partial charge in [0, 0.05) is 38.4 Å². The quantitative estimate of drug-likeness (QED) is 0.798. The molecular formula is C21H24FN3O3. The Kier molecular flexibility index (Phi) is 6.47. The van der Waals surface area contributed by atoms with Crippen molar-refractivity contribution < 1.29 is 18.7 Å². The number of rotatable bonds is 5. The first kappa shape index (κ1) is 19.7. The van der Waals surface area contributed by atoms with Gasteiger partial charge in [-0.15, -0.1) is 0 Å². The Morgan fingerprint density at radius 2 is 1.64 bits per heavy atom. The van der Waals surface area contributed by atoms with Crippen molar-refractivity contribution in [1.82, 2.24) is 10.2 Å². The lowest BCUT2D eigenvalue weighted by atomic mass is 10.1. The number of benzene rings is 2. The first-order valence-corrected chi connectivity index (χ1v) is 9.27. The van der Waals surface area contributed by atoms with Crippen molar-refractivity contribution in [3.8, 4) is 5.75 Å². The van der Waals surface area contributed by atoms with E-state index < -0.39 is 11.8 Å². The van der Waals surface area contributed by atoms with Gasteiger partial charge in [0.2, 0.25) is 0 Å². The Morgan fingerprint density at radius 3 is 2.25 bits per heavy atom. The third kappa shape index (κ3) is 5.00. The van der Waals surface area contributed by atoms with Crippen LogP contribution in [0.4, 0.5) is 10.1 Å². The fourth-order valence-corrected chi connectivity index (χ4v) is 3.15. The fourth-order valence-electron chi connectivity index (χ4n) is 3.15. The molecule has 0 spiro atoms. The van der Waals surface area contributed by atoms with Crippen LogP contribution in [0.5, 0.6) is 5.75 Å².